The van der Waals surface area contributed by atoms with Crippen molar-refractivity contribution >= 4 is 23.2 Å². The van der Waals surface area contributed by atoms with Gasteiger partial charge in [0, 0.05) is 41.9 Å². The number of piperidine rings is 1. The molecule has 5 rings (SSSR count). The van der Waals surface area contributed by atoms with Crippen LogP contribution in [0.5, 0.6) is 11.5 Å². The third-order valence-electron chi connectivity index (χ3n) is 7.68. The second-order valence-corrected chi connectivity index (χ2v) is 10.5. The molecule has 33 heavy (non-hydrogen) atoms. The summed E-state index contributed by atoms with van der Waals surface area (Å²) >= 11 is 1.96. The molecule has 5 heteroatoms. The first-order chi connectivity index (χ1) is 16.0. The van der Waals surface area contributed by atoms with Crippen LogP contribution in [-0.2, 0) is 0 Å². The van der Waals surface area contributed by atoms with Gasteiger partial charge in [0.15, 0.2) is 0 Å². The highest BCUT2D eigenvalue weighted by Gasteiger charge is 2.42. The van der Waals surface area contributed by atoms with E-state index in [-0.39, 0.29) is 5.91 Å². The zero-order valence-electron chi connectivity index (χ0n) is 20.1. The van der Waals surface area contributed by atoms with Gasteiger partial charge >= 0.3 is 0 Å². The van der Waals surface area contributed by atoms with Crippen LogP contribution < -0.4 is 4.74 Å². The van der Waals surface area contributed by atoms with E-state index in [9.17, 15) is 4.79 Å². The van der Waals surface area contributed by atoms with E-state index in [1.165, 1.54) is 24.0 Å². The maximum atomic E-state index is 13.0. The quantitative estimate of drug-likeness (QED) is 0.438. The van der Waals surface area contributed by atoms with E-state index in [0.29, 0.717) is 36.1 Å². The SMILES string of the molecule is CCN(CC)C(=O)c1ccc2c(c1)Oc1ccccc1C2=C1CC2CCC(C1)N2C(C)SC. The van der Waals surface area contributed by atoms with E-state index in [0.717, 1.165) is 29.9 Å². The third-order valence-corrected chi connectivity index (χ3v) is 8.61. The second-order valence-electron chi connectivity index (χ2n) is 9.34. The van der Waals surface area contributed by atoms with Crippen molar-refractivity contribution in [1.29, 1.82) is 0 Å². The lowest BCUT2D eigenvalue weighted by molar-refractivity contribution is 0.0772. The first-order valence-corrected chi connectivity index (χ1v) is 13.6. The molecule has 0 aromatic heterocycles. The molecule has 3 aliphatic heterocycles. The fourth-order valence-corrected chi connectivity index (χ4v) is 6.60. The van der Waals surface area contributed by atoms with Gasteiger partial charge in [0.25, 0.3) is 5.91 Å². The summed E-state index contributed by atoms with van der Waals surface area (Å²) in [6.07, 6.45) is 7.03. The number of amides is 1. The maximum absolute atomic E-state index is 13.0. The topological polar surface area (TPSA) is 32.8 Å². The number of thioether (sulfide) groups is 1. The Hall–Kier alpha value is -2.24. The summed E-state index contributed by atoms with van der Waals surface area (Å²) in [5.74, 6) is 1.77. The van der Waals surface area contributed by atoms with Crippen molar-refractivity contribution in [2.75, 3.05) is 19.3 Å². The molecular weight excluding hydrogens is 428 g/mol. The van der Waals surface area contributed by atoms with Crippen LogP contribution in [0.25, 0.3) is 5.57 Å². The number of hydrogen-bond acceptors (Lipinski definition) is 4. The molecular formula is C28H34N2O2S. The molecule has 3 unspecified atom stereocenters. The number of fused-ring (bicyclic) bond motifs is 4. The van der Waals surface area contributed by atoms with Crippen molar-refractivity contribution in [3.05, 3.63) is 64.7 Å². The fourth-order valence-electron chi connectivity index (χ4n) is 6.01. The summed E-state index contributed by atoms with van der Waals surface area (Å²) in [4.78, 5) is 17.6. The van der Waals surface area contributed by atoms with Gasteiger partial charge in [-0.15, -0.1) is 11.8 Å². The zero-order chi connectivity index (χ0) is 23.1. The van der Waals surface area contributed by atoms with E-state index in [4.69, 9.17) is 4.74 Å². The van der Waals surface area contributed by atoms with E-state index in [2.05, 4.69) is 42.3 Å². The molecule has 0 spiro atoms. The minimum absolute atomic E-state index is 0.0665. The highest BCUT2D eigenvalue weighted by Crippen LogP contribution is 2.50. The molecule has 0 radical (unpaired) electrons. The van der Waals surface area contributed by atoms with Crippen molar-refractivity contribution in [3.63, 3.8) is 0 Å². The normalized spacial score (nSPS) is 22.4. The predicted octanol–water partition coefficient (Wildman–Crippen LogP) is 6.41. The largest absolute Gasteiger partial charge is 0.456 e. The predicted molar refractivity (Wildman–Crippen MR) is 137 cm³/mol. The Morgan fingerprint density at radius 1 is 1.06 bits per heavy atom. The van der Waals surface area contributed by atoms with Gasteiger partial charge < -0.3 is 9.64 Å². The smallest absolute Gasteiger partial charge is 0.253 e. The Morgan fingerprint density at radius 3 is 2.39 bits per heavy atom. The number of benzene rings is 2. The molecule has 1 amide bonds. The van der Waals surface area contributed by atoms with Crippen LogP contribution in [0.4, 0.5) is 0 Å². The van der Waals surface area contributed by atoms with Gasteiger partial charge in [-0.1, -0.05) is 23.8 Å². The molecule has 3 atom stereocenters. The Bertz CT molecular complexity index is 1080. The fraction of sp³-hybridized carbons (Fsp3) is 0.464. The van der Waals surface area contributed by atoms with E-state index in [1.54, 1.807) is 5.57 Å². The maximum Gasteiger partial charge on any atom is 0.253 e. The lowest BCUT2D eigenvalue weighted by Gasteiger charge is -2.41. The van der Waals surface area contributed by atoms with Crippen LogP contribution in [0.15, 0.2) is 48.0 Å². The third kappa shape index (κ3) is 3.89. The molecule has 2 fully saturated rings. The Morgan fingerprint density at radius 2 is 1.73 bits per heavy atom. The molecule has 174 valence electrons. The van der Waals surface area contributed by atoms with Gasteiger partial charge in [-0.05, 0) is 82.5 Å². The first kappa shape index (κ1) is 22.5. The highest BCUT2D eigenvalue weighted by molar-refractivity contribution is 7.99. The van der Waals surface area contributed by atoms with E-state index >= 15 is 0 Å². The molecule has 2 saturated heterocycles. The minimum Gasteiger partial charge on any atom is -0.456 e. The summed E-state index contributed by atoms with van der Waals surface area (Å²) in [6.45, 7) is 7.81. The zero-order valence-corrected chi connectivity index (χ0v) is 21.0. The summed E-state index contributed by atoms with van der Waals surface area (Å²) < 4.78 is 6.36. The summed E-state index contributed by atoms with van der Waals surface area (Å²) in [6, 6.07) is 15.7. The molecule has 0 N–H and O–H groups in total. The lowest BCUT2D eigenvalue weighted by Crippen LogP contribution is -2.44. The Labute approximate surface area is 202 Å². The Kier molecular flexibility index (Phi) is 6.28. The number of rotatable bonds is 5. The van der Waals surface area contributed by atoms with Crippen molar-refractivity contribution < 1.29 is 9.53 Å². The van der Waals surface area contributed by atoms with Crippen molar-refractivity contribution in [2.45, 2.75) is 63.9 Å². The molecule has 3 heterocycles. The van der Waals surface area contributed by atoms with Crippen LogP contribution in [0.3, 0.4) is 0 Å². The molecule has 2 bridgehead atoms. The van der Waals surface area contributed by atoms with Gasteiger partial charge in [0.05, 0.1) is 5.37 Å². The van der Waals surface area contributed by atoms with Crippen LogP contribution in [0, 0.1) is 0 Å². The molecule has 3 aliphatic rings. The van der Waals surface area contributed by atoms with E-state index < -0.39 is 0 Å². The van der Waals surface area contributed by atoms with Gasteiger partial charge in [-0.25, -0.2) is 0 Å². The highest BCUT2D eigenvalue weighted by atomic mass is 32.2. The molecule has 2 aromatic rings. The van der Waals surface area contributed by atoms with Crippen molar-refractivity contribution in [3.8, 4) is 11.5 Å². The van der Waals surface area contributed by atoms with Crippen molar-refractivity contribution in [2.24, 2.45) is 0 Å². The molecule has 0 saturated carbocycles. The summed E-state index contributed by atoms with van der Waals surface area (Å²) in [7, 11) is 0. The number of ether oxygens (including phenoxy) is 1. The molecule has 0 aliphatic carbocycles. The number of carbonyl (C=O) groups excluding carboxylic acids is 1. The van der Waals surface area contributed by atoms with Gasteiger partial charge in [-0.3, -0.25) is 9.69 Å². The average Bonchev–Trinajstić information content (AvgIpc) is 3.11. The van der Waals surface area contributed by atoms with E-state index in [1.807, 2.05) is 48.7 Å². The van der Waals surface area contributed by atoms with Gasteiger partial charge in [-0.2, -0.15) is 0 Å². The monoisotopic (exact) mass is 462 g/mol. The second kappa shape index (κ2) is 9.19. The standard InChI is InChI=1S/C28H34N2O2S/c1-5-29(6-2)28(31)19-11-14-24-26(17-19)32-25-10-8-7-9-23(25)27(24)20-15-21-12-13-22(16-20)30(21)18(3)33-4/h7-11,14,17-18,21-22H,5-6,12-13,15-16H2,1-4H3. The van der Waals surface area contributed by atoms with Crippen molar-refractivity contribution in [1.82, 2.24) is 9.80 Å². The number of carbonyl (C=O) groups is 1. The number of hydrogen-bond donors (Lipinski definition) is 0. The summed E-state index contributed by atoms with van der Waals surface area (Å²) in [5, 5.41) is 0.567. The average molecular weight is 463 g/mol. The van der Waals surface area contributed by atoms with Crippen LogP contribution >= 0.6 is 11.8 Å². The minimum atomic E-state index is 0.0665. The number of para-hydroxylation sites is 1. The lowest BCUT2D eigenvalue weighted by atomic mass is 9.83. The molecule has 4 nitrogen and oxygen atoms in total. The van der Waals surface area contributed by atoms with Crippen LogP contribution in [0.1, 0.15) is 67.9 Å². The summed E-state index contributed by atoms with van der Waals surface area (Å²) in [5.41, 5.74) is 5.90. The van der Waals surface area contributed by atoms with Crippen LogP contribution in [0.2, 0.25) is 0 Å². The number of nitrogens with zero attached hydrogens (tertiary/aromatic N) is 2. The Balaban J connectivity index is 1.58. The van der Waals surface area contributed by atoms with Gasteiger partial charge in [0.1, 0.15) is 11.5 Å². The van der Waals surface area contributed by atoms with Gasteiger partial charge in [0.2, 0.25) is 0 Å². The first-order valence-electron chi connectivity index (χ1n) is 12.3. The van der Waals surface area contributed by atoms with Crippen LogP contribution in [-0.4, -0.2) is 52.5 Å². The molecule has 2 aromatic carbocycles.